The van der Waals surface area contributed by atoms with Gasteiger partial charge in [-0.3, -0.25) is 4.68 Å². The summed E-state index contributed by atoms with van der Waals surface area (Å²) in [4.78, 5) is 17.1. The maximum Gasteiger partial charge on any atom is 0.416 e. The quantitative estimate of drug-likeness (QED) is 0.288. The summed E-state index contributed by atoms with van der Waals surface area (Å²) in [6.45, 7) is 0. The summed E-state index contributed by atoms with van der Waals surface area (Å²) in [5, 5.41) is 10.3. The van der Waals surface area contributed by atoms with E-state index in [4.69, 9.17) is 4.98 Å². The third-order valence-corrected chi connectivity index (χ3v) is 5.68. The van der Waals surface area contributed by atoms with Crippen LogP contribution in [0.2, 0.25) is 0 Å². The number of aryl methyl sites for hydroxylation is 1. The van der Waals surface area contributed by atoms with Crippen LogP contribution in [0.15, 0.2) is 91.1 Å². The smallest absolute Gasteiger partial charge is 0.308 e. The van der Waals surface area contributed by atoms with E-state index in [0.29, 0.717) is 5.69 Å². The third-order valence-electron chi connectivity index (χ3n) is 5.68. The summed E-state index contributed by atoms with van der Waals surface area (Å²) in [5.74, 6) is 0. The lowest BCUT2D eigenvalue weighted by Crippen LogP contribution is -2.19. The molecule has 6 nitrogen and oxygen atoms in total. The maximum atomic E-state index is 12.9. The molecule has 180 valence electrons. The average molecular weight is 487 g/mol. The lowest BCUT2D eigenvalue weighted by molar-refractivity contribution is -0.137. The van der Waals surface area contributed by atoms with Gasteiger partial charge in [0.15, 0.2) is 5.65 Å². The lowest BCUT2D eigenvalue weighted by atomic mass is 10.0. The van der Waals surface area contributed by atoms with E-state index in [-0.39, 0.29) is 5.69 Å². The summed E-state index contributed by atoms with van der Waals surface area (Å²) in [6.07, 6.45) is -2.72. The number of pyridine rings is 1. The number of hydrogen-bond donors (Lipinski definition) is 2. The van der Waals surface area contributed by atoms with Crippen LogP contribution in [0.3, 0.4) is 0 Å². The van der Waals surface area contributed by atoms with Crippen LogP contribution in [0.25, 0.3) is 33.4 Å². The number of nitrogens with one attached hydrogen (secondary N) is 2. The van der Waals surface area contributed by atoms with Gasteiger partial charge in [-0.15, -0.1) is 0 Å². The van der Waals surface area contributed by atoms with Crippen LogP contribution in [0.1, 0.15) is 5.56 Å². The van der Waals surface area contributed by atoms with Crippen molar-refractivity contribution in [2.24, 2.45) is 7.05 Å². The first-order chi connectivity index (χ1) is 17.3. The highest BCUT2D eigenvalue weighted by Crippen LogP contribution is 2.33. The molecule has 5 aromatic rings. The standard InChI is InChI=1S/C27H20F3N5O/c1-35-25-23(16-31-35)22(15-24(34-25)18-6-3-2-4-7-18)17-10-12-20(13-11-17)32-26(36)33-21-9-5-8-19(14-21)27(28,29)30/h2-16H,1H3,(H2,32,33,36). The van der Waals surface area contributed by atoms with E-state index in [1.165, 1.54) is 12.1 Å². The van der Waals surface area contributed by atoms with Crippen LogP contribution < -0.4 is 10.6 Å². The van der Waals surface area contributed by atoms with Gasteiger partial charge in [-0.05, 0) is 47.5 Å². The number of anilines is 2. The molecule has 0 aliphatic heterocycles. The highest BCUT2D eigenvalue weighted by Gasteiger charge is 2.30. The van der Waals surface area contributed by atoms with E-state index in [9.17, 15) is 18.0 Å². The van der Waals surface area contributed by atoms with E-state index in [2.05, 4.69) is 15.7 Å². The van der Waals surface area contributed by atoms with Crippen molar-refractivity contribution in [3.63, 3.8) is 0 Å². The van der Waals surface area contributed by atoms with E-state index in [1.807, 2.05) is 55.6 Å². The predicted molar refractivity (Wildman–Crippen MR) is 133 cm³/mol. The molecule has 2 heterocycles. The Labute approximate surface area is 204 Å². The van der Waals surface area contributed by atoms with Gasteiger partial charge in [0, 0.05) is 29.4 Å². The zero-order chi connectivity index (χ0) is 25.3. The molecule has 0 radical (unpaired) electrons. The maximum absolute atomic E-state index is 12.9. The Hall–Kier alpha value is -4.66. The van der Waals surface area contributed by atoms with E-state index < -0.39 is 17.8 Å². The first kappa shape index (κ1) is 23.1. The molecule has 36 heavy (non-hydrogen) atoms. The molecule has 0 unspecified atom stereocenters. The number of aromatic nitrogens is 3. The number of alkyl halides is 3. The van der Waals surface area contributed by atoms with Gasteiger partial charge in [0.25, 0.3) is 0 Å². The fourth-order valence-electron chi connectivity index (χ4n) is 3.91. The molecule has 2 aromatic heterocycles. The molecule has 0 aliphatic rings. The van der Waals surface area contributed by atoms with Gasteiger partial charge in [0.2, 0.25) is 0 Å². The SMILES string of the molecule is Cn1ncc2c(-c3ccc(NC(=O)Nc4cccc(C(F)(F)F)c4)cc3)cc(-c3ccccc3)nc21. The Morgan fingerprint density at radius 2 is 1.56 bits per heavy atom. The van der Waals surface area contributed by atoms with Gasteiger partial charge in [0.1, 0.15) is 0 Å². The van der Waals surface area contributed by atoms with Crippen molar-refractivity contribution in [1.82, 2.24) is 14.8 Å². The van der Waals surface area contributed by atoms with Crippen molar-refractivity contribution in [3.05, 3.63) is 96.7 Å². The van der Waals surface area contributed by atoms with Crippen molar-refractivity contribution >= 4 is 28.4 Å². The van der Waals surface area contributed by atoms with Crippen molar-refractivity contribution in [2.75, 3.05) is 10.6 Å². The molecule has 0 fully saturated rings. The minimum Gasteiger partial charge on any atom is -0.308 e. The summed E-state index contributed by atoms with van der Waals surface area (Å²) >= 11 is 0. The summed E-state index contributed by atoms with van der Waals surface area (Å²) in [6, 6.07) is 22.8. The molecular formula is C27H20F3N5O. The summed E-state index contributed by atoms with van der Waals surface area (Å²) in [7, 11) is 1.84. The van der Waals surface area contributed by atoms with Crippen LogP contribution in [0.5, 0.6) is 0 Å². The van der Waals surface area contributed by atoms with Crippen LogP contribution in [-0.4, -0.2) is 20.8 Å². The molecule has 3 aromatic carbocycles. The minimum atomic E-state index is -4.49. The molecule has 0 spiro atoms. The number of carbonyl (C=O) groups is 1. The van der Waals surface area contributed by atoms with Gasteiger partial charge >= 0.3 is 12.2 Å². The first-order valence-corrected chi connectivity index (χ1v) is 11.0. The van der Waals surface area contributed by atoms with Crippen molar-refractivity contribution < 1.29 is 18.0 Å². The van der Waals surface area contributed by atoms with Gasteiger partial charge in [0.05, 0.1) is 17.5 Å². The Morgan fingerprint density at radius 3 is 2.28 bits per heavy atom. The normalized spacial score (nSPS) is 11.4. The molecule has 2 N–H and O–H groups in total. The van der Waals surface area contributed by atoms with E-state index >= 15 is 0 Å². The Morgan fingerprint density at radius 1 is 0.833 bits per heavy atom. The van der Waals surface area contributed by atoms with Crippen LogP contribution >= 0.6 is 0 Å². The van der Waals surface area contributed by atoms with Crippen molar-refractivity contribution in [3.8, 4) is 22.4 Å². The molecule has 0 aliphatic carbocycles. The van der Waals surface area contributed by atoms with Crippen LogP contribution in [0.4, 0.5) is 29.3 Å². The Balaban J connectivity index is 1.38. The molecule has 9 heteroatoms. The summed E-state index contributed by atoms with van der Waals surface area (Å²) < 4.78 is 40.5. The first-order valence-electron chi connectivity index (χ1n) is 11.0. The fraction of sp³-hybridized carbons (Fsp3) is 0.0741. The number of fused-ring (bicyclic) bond motifs is 1. The lowest BCUT2D eigenvalue weighted by Gasteiger charge is -2.12. The molecular weight excluding hydrogens is 467 g/mol. The largest absolute Gasteiger partial charge is 0.416 e. The fourth-order valence-corrected chi connectivity index (χ4v) is 3.91. The molecule has 0 atom stereocenters. The number of amides is 2. The van der Waals surface area contributed by atoms with Gasteiger partial charge < -0.3 is 10.6 Å². The number of hydrogen-bond acceptors (Lipinski definition) is 3. The number of nitrogens with zero attached hydrogens (tertiary/aromatic N) is 3. The zero-order valence-electron chi connectivity index (χ0n) is 19.0. The number of benzene rings is 3. The van der Waals surface area contributed by atoms with Crippen molar-refractivity contribution in [2.45, 2.75) is 6.18 Å². The van der Waals surface area contributed by atoms with Gasteiger partial charge in [-0.1, -0.05) is 48.5 Å². The number of carbonyl (C=O) groups excluding carboxylic acids is 1. The average Bonchev–Trinajstić information content (AvgIpc) is 3.25. The highest BCUT2D eigenvalue weighted by atomic mass is 19.4. The van der Waals surface area contributed by atoms with Crippen molar-refractivity contribution in [1.29, 1.82) is 0 Å². The Kier molecular flexibility index (Phi) is 5.89. The van der Waals surface area contributed by atoms with E-state index in [0.717, 1.165) is 45.6 Å². The van der Waals surface area contributed by atoms with Crippen LogP contribution in [0, 0.1) is 0 Å². The second kappa shape index (κ2) is 9.18. The topological polar surface area (TPSA) is 71.8 Å². The van der Waals surface area contributed by atoms with Crippen LogP contribution in [-0.2, 0) is 13.2 Å². The molecule has 0 saturated heterocycles. The molecule has 5 rings (SSSR count). The molecule has 0 saturated carbocycles. The highest BCUT2D eigenvalue weighted by molar-refractivity contribution is 6.00. The monoisotopic (exact) mass is 487 g/mol. The molecule has 0 bridgehead atoms. The Bertz CT molecular complexity index is 1540. The zero-order valence-corrected chi connectivity index (χ0v) is 19.0. The number of rotatable bonds is 4. The second-order valence-electron chi connectivity index (χ2n) is 8.16. The molecule has 2 amide bonds. The number of halogens is 3. The third kappa shape index (κ3) is 4.76. The second-order valence-corrected chi connectivity index (χ2v) is 8.16. The predicted octanol–water partition coefficient (Wildman–Crippen LogP) is 6.97. The van der Waals surface area contributed by atoms with Gasteiger partial charge in [-0.25, -0.2) is 9.78 Å². The van der Waals surface area contributed by atoms with Gasteiger partial charge in [-0.2, -0.15) is 18.3 Å². The minimum absolute atomic E-state index is 0.0446. The number of urea groups is 1. The van der Waals surface area contributed by atoms with E-state index in [1.54, 1.807) is 23.0 Å². The summed E-state index contributed by atoms with van der Waals surface area (Å²) in [5.41, 5.74) is 4.07.